The van der Waals surface area contributed by atoms with E-state index in [9.17, 15) is 4.79 Å². The largest absolute Gasteiger partial charge is 0.460 e. The molecule has 1 aliphatic rings. The van der Waals surface area contributed by atoms with E-state index in [4.69, 9.17) is 14.7 Å². The van der Waals surface area contributed by atoms with E-state index in [1.165, 1.54) is 0 Å². The Morgan fingerprint density at radius 3 is 2.88 bits per heavy atom. The van der Waals surface area contributed by atoms with Crippen molar-refractivity contribution in [1.82, 2.24) is 0 Å². The van der Waals surface area contributed by atoms with Crippen LogP contribution < -0.4 is 0 Å². The van der Waals surface area contributed by atoms with Gasteiger partial charge in [-0.05, 0) is 12.8 Å². The lowest BCUT2D eigenvalue weighted by Gasteiger charge is -2.39. The summed E-state index contributed by atoms with van der Waals surface area (Å²) < 4.78 is 10.3. The predicted octanol–water partition coefficient (Wildman–Crippen LogP) is 2.13. The molecule has 0 heterocycles. The van der Waals surface area contributed by atoms with Crippen molar-refractivity contribution in [3.8, 4) is 0 Å². The molecule has 5 nitrogen and oxygen atoms in total. The standard InChI is InChI=1S/C12H20O5/c1-3-11(13)15-8-9-16-12(17-14)7-5-4-6-10(12)2/h3,10,14H,1,4-9H2,2H3. The summed E-state index contributed by atoms with van der Waals surface area (Å²) in [6.07, 6.45) is 4.77. The average molecular weight is 244 g/mol. The smallest absolute Gasteiger partial charge is 0.330 e. The first-order valence-electron chi connectivity index (χ1n) is 5.90. The average Bonchev–Trinajstić information content (AvgIpc) is 2.36. The summed E-state index contributed by atoms with van der Waals surface area (Å²) in [6.45, 7) is 5.59. The second kappa shape index (κ2) is 6.74. The first-order valence-corrected chi connectivity index (χ1v) is 5.90. The van der Waals surface area contributed by atoms with Gasteiger partial charge in [-0.3, -0.25) is 0 Å². The van der Waals surface area contributed by atoms with Crippen molar-refractivity contribution < 1.29 is 24.4 Å². The SMILES string of the molecule is C=CC(=O)OCCOC1(OO)CCCCC1C. The van der Waals surface area contributed by atoms with Crippen LogP contribution in [0.2, 0.25) is 0 Å². The van der Waals surface area contributed by atoms with Crippen molar-refractivity contribution in [2.24, 2.45) is 5.92 Å². The number of hydrogen-bond acceptors (Lipinski definition) is 5. The highest BCUT2D eigenvalue weighted by atomic mass is 17.1. The van der Waals surface area contributed by atoms with Crippen molar-refractivity contribution in [1.29, 1.82) is 0 Å². The third-order valence-corrected chi connectivity index (χ3v) is 3.16. The predicted molar refractivity (Wildman–Crippen MR) is 61.2 cm³/mol. The minimum atomic E-state index is -0.946. The molecular weight excluding hydrogens is 224 g/mol. The summed E-state index contributed by atoms with van der Waals surface area (Å²) in [5, 5.41) is 9.02. The van der Waals surface area contributed by atoms with Crippen LogP contribution in [0.15, 0.2) is 12.7 Å². The molecule has 2 unspecified atom stereocenters. The van der Waals surface area contributed by atoms with Gasteiger partial charge in [-0.1, -0.05) is 19.9 Å². The summed E-state index contributed by atoms with van der Waals surface area (Å²) in [7, 11) is 0. The zero-order chi connectivity index (χ0) is 12.7. The van der Waals surface area contributed by atoms with Gasteiger partial charge in [0, 0.05) is 18.4 Å². The van der Waals surface area contributed by atoms with Crippen LogP contribution in [0.25, 0.3) is 0 Å². The van der Waals surface area contributed by atoms with Crippen molar-refractivity contribution in [3.05, 3.63) is 12.7 Å². The molecule has 1 N–H and O–H groups in total. The monoisotopic (exact) mass is 244 g/mol. The molecule has 0 aromatic rings. The first kappa shape index (κ1) is 14.2. The van der Waals surface area contributed by atoms with Gasteiger partial charge in [0.25, 0.3) is 0 Å². The maximum atomic E-state index is 10.8. The number of carbonyl (C=O) groups excluding carboxylic acids is 1. The number of esters is 1. The van der Waals surface area contributed by atoms with Crippen molar-refractivity contribution in [3.63, 3.8) is 0 Å². The lowest BCUT2D eigenvalue weighted by atomic mass is 9.84. The molecule has 1 rings (SSSR count). The summed E-state index contributed by atoms with van der Waals surface area (Å²) >= 11 is 0. The molecule has 0 aliphatic heterocycles. The van der Waals surface area contributed by atoms with E-state index < -0.39 is 11.8 Å². The highest BCUT2D eigenvalue weighted by molar-refractivity contribution is 5.81. The van der Waals surface area contributed by atoms with E-state index in [0.717, 1.165) is 25.3 Å². The second-order valence-electron chi connectivity index (χ2n) is 4.27. The van der Waals surface area contributed by atoms with E-state index in [-0.39, 0.29) is 19.1 Å². The Hall–Kier alpha value is -0.910. The maximum absolute atomic E-state index is 10.8. The van der Waals surface area contributed by atoms with Gasteiger partial charge in [0.05, 0.1) is 6.61 Å². The fraction of sp³-hybridized carbons (Fsp3) is 0.750. The van der Waals surface area contributed by atoms with E-state index in [0.29, 0.717) is 6.42 Å². The lowest BCUT2D eigenvalue weighted by molar-refractivity contribution is -0.426. The van der Waals surface area contributed by atoms with Gasteiger partial charge in [0.2, 0.25) is 5.79 Å². The summed E-state index contributed by atoms with van der Waals surface area (Å²) in [4.78, 5) is 15.3. The topological polar surface area (TPSA) is 65.0 Å². The van der Waals surface area contributed by atoms with E-state index in [2.05, 4.69) is 11.5 Å². The normalized spacial score (nSPS) is 28.7. The van der Waals surface area contributed by atoms with Crippen LogP contribution in [-0.2, 0) is 19.2 Å². The zero-order valence-electron chi connectivity index (χ0n) is 10.2. The molecule has 98 valence electrons. The molecule has 0 bridgehead atoms. The number of carbonyl (C=O) groups is 1. The van der Waals surface area contributed by atoms with Gasteiger partial charge < -0.3 is 9.47 Å². The fourth-order valence-electron chi connectivity index (χ4n) is 2.08. The van der Waals surface area contributed by atoms with E-state index >= 15 is 0 Å². The van der Waals surface area contributed by atoms with E-state index in [1.54, 1.807) is 0 Å². The van der Waals surface area contributed by atoms with Crippen molar-refractivity contribution >= 4 is 5.97 Å². The molecule has 5 heteroatoms. The minimum Gasteiger partial charge on any atom is -0.460 e. The highest BCUT2D eigenvalue weighted by Crippen LogP contribution is 2.36. The first-order chi connectivity index (χ1) is 8.14. The molecule has 0 aromatic carbocycles. The molecule has 0 radical (unpaired) electrons. The van der Waals surface area contributed by atoms with Gasteiger partial charge in [-0.15, -0.1) is 0 Å². The van der Waals surface area contributed by atoms with Gasteiger partial charge in [-0.25, -0.2) is 14.9 Å². The van der Waals surface area contributed by atoms with Crippen molar-refractivity contribution in [2.45, 2.75) is 38.4 Å². The third kappa shape index (κ3) is 3.80. The molecular formula is C12H20O5. The van der Waals surface area contributed by atoms with Crippen LogP contribution in [0.4, 0.5) is 0 Å². The Morgan fingerprint density at radius 2 is 2.29 bits per heavy atom. The van der Waals surface area contributed by atoms with Crippen LogP contribution in [-0.4, -0.2) is 30.2 Å². The van der Waals surface area contributed by atoms with Crippen molar-refractivity contribution in [2.75, 3.05) is 13.2 Å². The summed E-state index contributed by atoms with van der Waals surface area (Å²) in [5.41, 5.74) is 0. The van der Waals surface area contributed by atoms with Gasteiger partial charge in [-0.2, -0.15) is 0 Å². The number of hydrogen-bond donors (Lipinski definition) is 1. The second-order valence-corrected chi connectivity index (χ2v) is 4.27. The van der Waals surface area contributed by atoms with Crippen LogP contribution in [0, 0.1) is 5.92 Å². The molecule has 0 spiro atoms. The molecule has 0 amide bonds. The molecule has 0 aromatic heterocycles. The Bertz CT molecular complexity index is 266. The molecule has 1 fully saturated rings. The van der Waals surface area contributed by atoms with Crippen LogP contribution >= 0.6 is 0 Å². The van der Waals surface area contributed by atoms with Crippen LogP contribution in [0.3, 0.4) is 0 Å². The van der Waals surface area contributed by atoms with Gasteiger partial charge in [0.15, 0.2) is 0 Å². The van der Waals surface area contributed by atoms with Gasteiger partial charge >= 0.3 is 5.97 Å². The molecule has 0 saturated heterocycles. The zero-order valence-corrected chi connectivity index (χ0v) is 10.2. The fourth-order valence-corrected chi connectivity index (χ4v) is 2.08. The lowest BCUT2D eigenvalue weighted by Crippen LogP contribution is -2.44. The Kier molecular flexibility index (Phi) is 5.61. The molecule has 17 heavy (non-hydrogen) atoms. The molecule has 1 aliphatic carbocycles. The Morgan fingerprint density at radius 1 is 1.53 bits per heavy atom. The number of ether oxygens (including phenoxy) is 2. The van der Waals surface area contributed by atoms with Crippen LogP contribution in [0.5, 0.6) is 0 Å². The quantitative estimate of drug-likeness (QED) is 0.194. The molecule has 1 saturated carbocycles. The summed E-state index contributed by atoms with van der Waals surface area (Å²) in [5.74, 6) is -1.31. The Labute approximate surface area is 101 Å². The van der Waals surface area contributed by atoms with E-state index in [1.807, 2.05) is 6.92 Å². The number of rotatable bonds is 6. The maximum Gasteiger partial charge on any atom is 0.330 e. The van der Waals surface area contributed by atoms with Crippen LogP contribution in [0.1, 0.15) is 32.6 Å². The third-order valence-electron chi connectivity index (χ3n) is 3.16. The minimum absolute atomic E-state index is 0.122. The highest BCUT2D eigenvalue weighted by Gasteiger charge is 2.41. The Balaban J connectivity index is 2.35. The summed E-state index contributed by atoms with van der Waals surface area (Å²) in [6, 6.07) is 0. The molecule has 2 atom stereocenters. The van der Waals surface area contributed by atoms with Gasteiger partial charge in [0.1, 0.15) is 6.61 Å².